The second kappa shape index (κ2) is 11.3. The predicted molar refractivity (Wildman–Crippen MR) is 157 cm³/mol. The Balaban J connectivity index is 1.06. The minimum Gasteiger partial charge on any atom is -0.490 e. The number of carbonyl (C=O) groups is 4. The first-order valence-electron chi connectivity index (χ1n) is 14.6. The van der Waals surface area contributed by atoms with Crippen LogP contribution >= 0.6 is 0 Å². The molecule has 2 aromatic rings. The standard InChI is InChI=1S/C30H34N6O7/c1-18-15-25(36(41)42)26(43-2)17-24(18)34-9-7-19(8-10-34)32-11-13-33(14-12-32)20-3-4-21-22(16-20)30(40)35(29(21)39)23-5-6-27(37)31-28(23)38/h3-4,15-17,19,23H,5-14H2,1-2H3,(H,31,37,38). The number of piperidine rings is 2. The number of amides is 4. The molecule has 6 rings (SSSR count). The van der Waals surface area contributed by atoms with Crippen LogP contribution in [0.1, 0.15) is 52.0 Å². The molecular formula is C30H34N6O7. The van der Waals surface area contributed by atoms with Gasteiger partial charge in [0.15, 0.2) is 5.75 Å². The van der Waals surface area contributed by atoms with Gasteiger partial charge in [-0.15, -0.1) is 0 Å². The first-order valence-corrected chi connectivity index (χ1v) is 14.6. The minimum absolute atomic E-state index is 0.0255. The van der Waals surface area contributed by atoms with Gasteiger partial charge in [0.1, 0.15) is 6.04 Å². The zero-order valence-corrected chi connectivity index (χ0v) is 24.2. The fraction of sp³-hybridized carbons (Fsp3) is 0.467. The number of piperazine rings is 1. The molecule has 0 saturated carbocycles. The van der Waals surface area contributed by atoms with Crippen LogP contribution in [0.15, 0.2) is 30.3 Å². The van der Waals surface area contributed by atoms with Crippen molar-refractivity contribution in [3.05, 3.63) is 57.1 Å². The molecule has 0 aromatic heterocycles. The fourth-order valence-corrected chi connectivity index (χ4v) is 6.78. The Morgan fingerprint density at radius 1 is 0.884 bits per heavy atom. The lowest BCUT2D eigenvalue weighted by molar-refractivity contribution is -0.385. The van der Waals surface area contributed by atoms with Crippen molar-refractivity contribution in [2.75, 3.05) is 56.2 Å². The maximum absolute atomic E-state index is 13.2. The van der Waals surface area contributed by atoms with Crippen LogP contribution in [0.4, 0.5) is 17.1 Å². The number of ether oxygens (including phenoxy) is 1. The van der Waals surface area contributed by atoms with Gasteiger partial charge >= 0.3 is 5.69 Å². The van der Waals surface area contributed by atoms with E-state index in [1.807, 2.05) is 13.0 Å². The lowest BCUT2D eigenvalue weighted by atomic mass is 10.00. The van der Waals surface area contributed by atoms with E-state index in [-0.39, 0.29) is 29.8 Å². The fourth-order valence-electron chi connectivity index (χ4n) is 6.78. The lowest BCUT2D eigenvalue weighted by Gasteiger charge is -2.44. The van der Waals surface area contributed by atoms with Gasteiger partial charge in [-0.2, -0.15) is 0 Å². The predicted octanol–water partition coefficient (Wildman–Crippen LogP) is 2.10. The number of anilines is 2. The van der Waals surface area contributed by atoms with Crippen molar-refractivity contribution in [3.63, 3.8) is 0 Å². The number of fused-ring (bicyclic) bond motifs is 1. The van der Waals surface area contributed by atoms with Crippen molar-refractivity contribution in [1.82, 2.24) is 15.1 Å². The topological polar surface area (TPSA) is 146 Å². The van der Waals surface area contributed by atoms with Gasteiger partial charge < -0.3 is 14.5 Å². The quantitative estimate of drug-likeness (QED) is 0.302. The third kappa shape index (κ3) is 5.18. The molecular weight excluding hydrogens is 556 g/mol. The Hall–Kier alpha value is -4.52. The van der Waals surface area contributed by atoms with E-state index in [4.69, 9.17) is 4.74 Å². The van der Waals surface area contributed by atoms with Gasteiger partial charge in [0.25, 0.3) is 11.8 Å². The van der Waals surface area contributed by atoms with Gasteiger partial charge in [0.2, 0.25) is 11.8 Å². The summed E-state index contributed by atoms with van der Waals surface area (Å²) in [5.41, 5.74) is 3.23. The number of imide groups is 2. The molecule has 43 heavy (non-hydrogen) atoms. The summed E-state index contributed by atoms with van der Waals surface area (Å²) in [7, 11) is 1.45. The highest BCUT2D eigenvalue weighted by molar-refractivity contribution is 6.23. The van der Waals surface area contributed by atoms with Crippen LogP contribution in [0, 0.1) is 17.0 Å². The summed E-state index contributed by atoms with van der Waals surface area (Å²) in [6.07, 6.45) is 2.17. The number of nitro benzene ring substituents is 1. The highest BCUT2D eigenvalue weighted by Gasteiger charge is 2.45. The summed E-state index contributed by atoms with van der Waals surface area (Å²) >= 11 is 0. The Morgan fingerprint density at radius 3 is 2.23 bits per heavy atom. The Labute approximate surface area is 248 Å². The van der Waals surface area contributed by atoms with Gasteiger partial charge in [-0.05, 0) is 49.9 Å². The molecule has 4 aliphatic rings. The van der Waals surface area contributed by atoms with Crippen LogP contribution in [-0.4, -0.2) is 96.8 Å². The SMILES string of the molecule is COc1cc(N2CCC(N3CCN(c4ccc5c(c4)C(=O)N(C4CCC(=O)NC4=O)C5=O)CC3)CC2)c(C)cc1[N+](=O)[O-]. The highest BCUT2D eigenvalue weighted by Crippen LogP contribution is 2.36. The van der Waals surface area contributed by atoms with Crippen LogP contribution in [0.2, 0.25) is 0 Å². The van der Waals surface area contributed by atoms with Crippen LogP contribution in [0.25, 0.3) is 0 Å². The number of nitro groups is 1. The normalized spacial score (nSPS) is 21.7. The maximum atomic E-state index is 13.2. The van der Waals surface area contributed by atoms with Crippen molar-refractivity contribution >= 4 is 40.7 Å². The summed E-state index contributed by atoms with van der Waals surface area (Å²) in [6.45, 7) is 6.85. The van der Waals surface area contributed by atoms with Crippen molar-refractivity contribution in [2.45, 2.75) is 44.7 Å². The second-order valence-corrected chi connectivity index (χ2v) is 11.5. The van der Waals surface area contributed by atoms with Gasteiger partial charge in [-0.1, -0.05) is 0 Å². The molecule has 13 heteroatoms. The summed E-state index contributed by atoms with van der Waals surface area (Å²) in [4.78, 5) is 69.1. The summed E-state index contributed by atoms with van der Waals surface area (Å²) in [5.74, 6) is -1.74. The lowest BCUT2D eigenvalue weighted by Crippen LogP contribution is -2.54. The van der Waals surface area contributed by atoms with Crippen molar-refractivity contribution in [2.24, 2.45) is 0 Å². The largest absolute Gasteiger partial charge is 0.490 e. The molecule has 1 atom stereocenters. The van der Waals surface area contributed by atoms with Crippen molar-refractivity contribution < 1.29 is 28.8 Å². The third-order valence-electron chi connectivity index (χ3n) is 9.12. The van der Waals surface area contributed by atoms with E-state index in [1.54, 1.807) is 24.3 Å². The summed E-state index contributed by atoms with van der Waals surface area (Å²) in [6, 6.07) is 8.06. The number of benzene rings is 2. The van der Waals surface area contributed by atoms with Crippen molar-refractivity contribution in [3.8, 4) is 5.75 Å². The molecule has 0 bridgehead atoms. The maximum Gasteiger partial charge on any atom is 0.311 e. The van der Waals surface area contributed by atoms with Gasteiger partial charge in [-0.3, -0.25) is 44.4 Å². The molecule has 2 aromatic carbocycles. The molecule has 1 unspecified atom stereocenters. The summed E-state index contributed by atoms with van der Waals surface area (Å²) < 4.78 is 5.29. The first-order chi connectivity index (χ1) is 20.7. The van der Waals surface area contributed by atoms with Crippen LogP contribution in [0.3, 0.4) is 0 Å². The zero-order valence-electron chi connectivity index (χ0n) is 24.2. The number of hydrogen-bond acceptors (Lipinski definition) is 10. The van der Waals surface area contributed by atoms with E-state index >= 15 is 0 Å². The molecule has 13 nitrogen and oxygen atoms in total. The van der Waals surface area contributed by atoms with E-state index in [2.05, 4.69) is 20.0 Å². The number of carbonyl (C=O) groups excluding carboxylic acids is 4. The van der Waals surface area contributed by atoms with E-state index in [9.17, 15) is 29.3 Å². The molecule has 0 aliphatic carbocycles. The molecule has 4 aliphatic heterocycles. The van der Waals surface area contributed by atoms with E-state index in [1.165, 1.54) is 7.11 Å². The molecule has 4 heterocycles. The monoisotopic (exact) mass is 590 g/mol. The Kier molecular flexibility index (Phi) is 7.50. The second-order valence-electron chi connectivity index (χ2n) is 11.5. The smallest absolute Gasteiger partial charge is 0.311 e. The molecule has 3 fully saturated rings. The van der Waals surface area contributed by atoms with Gasteiger partial charge in [-0.25, -0.2) is 0 Å². The highest BCUT2D eigenvalue weighted by atomic mass is 16.6. The van der Waals surface area contributed by atoms with Crippen LogP contribution in [0.5, 0.6) is 5.75 Å². The van der Waals surface area contributed by atoms with E-state index in [0.717, 1.165) is 73.9 Å². The number of nitrogens with one attached hydrogen (secondary N) is 1. The number of hydrogen-bond donors (Lipinski definition) is 1. The number of rotatable bonds is 6. The molecule has 3 saturated heterocycles. The minimum atomic E-state index is -0.977. The summed E-state index contributed by atoms with van der Waals surface area (Å²) in [5, 5.41) is 13.6. The molecule has 0 radical (unpaired) electrons. The first kappa shape index (κ1) is 28.6. The van der Waals surface area contributed by atoms with Gasteiger partial charge in [0, 0.05) is 75.2 Å². The molecule has 0 spiro atoms. The third-order valence-corrected chi connectivity index (χ3v) is 9.12. The average Bonchev–Trinajstić information content (AvgIpc) is 3.25. The van der Waals surface area contributed by atoms with Crippen LogP contribution < -0.4 is 19.9 Å². The Morgan fingerprint density at radius 2 is 1.58 bits per heavy atom. The number of nitrogens with zero attached hydrogens (tertiary/aromatic N) is 5. The van der Waals surface area contributed by atoms with Crippen LogP contribution in [-0.2, 0) is 9.59 Å². The zero-order chi connectivity index (χ0) is 30.4. The van der Waals surface area contributed by atoms with E-state index < -0.39 is 34.6 Å². The van der Waals surface area contributed by atoms with E-state index in [0.29, 0.717) is 11.6 Å². The number of methoxy groups -OCH3 is 1. The van der Waals surface area contributed by atoms with Crippen molar-refractivity contribution in [1.29, 1.82) is 0 Å². The van der Waals surface area contributed by atoms with Gasteiger partial charge in [0.05, 0.1) is 23.2 Å². The number of aryl methyl sites for hydroxylation is 1. The molecule has 226 valence electrons. The average molecular weight is 591 g/mol. The Bertz CT molecular complexity index is 1510. The molecule has 4 amide bonds. The molecule has 1 N–H and O–H groups in total.